The molecule has 0 unspecified atom stereocenters. The predicted octanol–water partition coefficient (Wildman–Crippen LogP) is 6.57. The fraction of sp³-hybridized carbons (Fsp3) is 0.375. The van der Waals surface area contributed by atoms with Crippen molar-refractivity contribution in [2.24, 2.45) is 0 Å². The Hall–Kier alpha value is -3.31. The first kappa shape index (κ1) is 29.2. The topological polar surface area (TPSA) is 58.6 Å². The minimum atomic E-state index is -0.712. The van der Waals surface area contributed by atoms with Gasteiger partial charge in [0.2, 0.25) is 5.91 Å². The Balaban J connectivity index is 1.94. The first-order valence-corrected chi connectivity index (χ1v) is 13.6. The fourth-order valence-corrected chi connectivity index (χ4v) is 4.34. The molecular weight excluding hydrogens is 496 g/mol. The van der Waals surface area contributed by atoms with Crippen molar-refractivity contribution in [3.63, 3.8) is 0 Å². The molecule has 3 rings (SSSR count). The first-order chi connectivity index (χ1) is 18.1. The highest BCUT2D eigenvalue weighted by atomic mass is 35.5. The van der Waals surface area contributed by atoms with E-state index in [1.54, 1.807) is 17.0 Å². The maximum atomic E-state index is 13.8. The average Bonchev–Trinajstić information content (AvgIpc) is 2.90. The number of nitrogens with zero attached hydrogens (tertiary/aromatic N) is 1. The summed E-state index contributed by atoms with van der Waals surface area (Å²) in [4.78, 5) is 29.1. The number of carbonyl (C=O) groups is 2. The Kier molecular flexibility index (Phi) is 10.4. The Morgan fingerprint density at radius 2 is 1.55 bits per heavy atom. The van der Waals surface area contributed by atoms with Crippen LogP contribution in [0.15, 0.2) is 78.9 Å². The van der Waals surface area contributed by atoms with Crippen LogP contribution in [-0.4, -0.2) is 35.4 Å². The van der Waals surface area contributed by atoms with Gasteiger partial charge >= 0.3 is 0 Å². The maximum absolute atomic E-state index is 13.8. The van der Waals surface area contributed by atoms with Crippen molar-refractivity contribution in [2.45, 2.75) is 71.5 Å². The van der Waals surface area contributed by atoms with Gasteiger partial charge in [-0.2, -0.15) is 0 Å². The van der Waals surface area contributed by atoms with E-state index in [0.717, 1.165) is 23.1 Å². The summed E-state index contributed by atoms with van der Waals surface area (Å²) in [7, 11) is 0. The largest absolute Gasteiger partial charge is 0.483 e. The van der Waals surface area contributed by atoms with E-state index in [0.29, 0.717) is 17.2 Å². The summed E-state index contributed by atoms with van der Waals surface area (Å²) in [6.45, 7) is 10.4. The number of para-hydroxylation sites is 1. The van der Waals surface area contributed by atoms with Crippen LogP contribution < -0.4 is 10.1 Å². The summed E-state index contributed by atoms with van der Waals surface area (Å²) in [6, 6.07) is 24.2. The van der Waals surface area contributed by atoms with Crippen LogP contribution >= 0.6 is 11.6 Å². The number of rotatable bonds is 11. The number of carbonyl (C=O) groups excluding carboxylic acids is 2. The average molecular weight is 535 g/mol. The lowest BCUT2D eigenvalue weighted by atomic mass is 9.86. The lowest BCUT2D eigenvalue weighted by Crippen LogP contribution is -2.53. The number of hydrogen-bond acceptors (Lipinski definition) is 3. The zero-order valence-corrected chi connectivity index (χ0v) is 23.8. The molecule has 1 N–H and O–H groups in total. The van der Waals surface area contributed by atoms with Crippen molar-refractivity contribution < 1.29 is 14.3 Å². The molecule has 0 aliphatic carbocycles. The molecule has 0 aliphatic heterocycles. The number of benzene rings is 3. The van der Waals surface area contributed by atoms with Crippen LogP contribution in [0.3, 0.4) is 0 Å². The molecule has 2 atom stereocenters. The third kappa shape index (κ3) is 8.35. The lowest BCUT2D eigenvalue weighted by molar-refractivity contribution is -0.143. The van der Waals surface area contributed by atoms with Crippen molar-refractivity contribution in [1.82, 2.24) is 10.2 Å². The van der Waals surface area contributed by atoms with Gasteiger partial charge in [0.1, 0.15) is 11.8 Å². The van der Waals surface area contributed by atoms with Gasteiger partial charge in [-0.25, -0.2) is 0 Å². The molecule has 5 nitrogen and oxygen atoms in total. The number of hydrogen-bond donors (Lipinski definition) is 1. The van der Waals surface area contributed by atoms with Gasteiger partial charge in [-0.05, 0) is 53.6 Å². The molecule has 0 saturated heterocycles. The Morgan fingerprint density at radius 1 is 0.921 bits per heavy atom. The van der Waals surface area contributed by atoms with Crippen LogP contribution in [-0.2, 0) is 28.0 Å². The molecule has 0 aliphatic rings. The number of nitrogens with one attached hydrogen (secondary N) is 1. The molecule has 0 saturated carbocycles. The summed E-state index contributed by atoms with van der Waals surface area (Å²) < 4.78 is 6.10. The van der Waals surface area contributed by atoms with Crippen LogP contribution in [0.4, 0.5) is 0 Å². The summed E-state index contributed by atoms with van der Waals surface area (Å²) in [6.07, 6.45) is 1.18. The molecule has 0 bridgehead atoms. The molecule has 38 heavy (non-hydrogen) atoms. The van der Waals surface area contributed by atoms with E-state index in [-0.39, 0.29) is 36.4 Å². The molecule has 0 radical (unpaired) electrons. The van der Waals surface area contributed by atoms with Crippen molar-refractivity contribution in [3.8, 4) is 5.75 Å². The van der Waals surface area contributed by atoms with Crippen LogP contribution in [0.1, 0.15) is 57.7 Å². The quantitative estimate of drug-likeness (QED) is 0.302. The maximum Gasteiger partial charge on any atom is 0.261 e. The summed E-state index contributed by atoms with van der Waals surface area (Å²) in [5.74, 6) is 0.230. The molecule has 0 aromatic heterocycles. The van der Waals surface area contributed by atoms with Gasteiger partial charge in [-0.3, -0.25) is 9.59 Å². The molecule has 2 amide bonds. The van der Waals surface area contributed by atoms with Crippen molar-refractivity contribution in [3.05, 3.63) is 101 Å². The van der Waals surface area contributed by atoms with Crippen molar-refractivity contribution in [2.75, 3.05) is 6.61 Å². The zero-order chi connectivity index (χ0) is 27.7. The smallest absolute Gasteiger partial charge is 0.261 e. The number of amides is 2. The van der Waals surface area contributed by atoms with Gasteiger partial charge in [0.05, 0.1) is 0 Å². The highest BCUT2D eigenvalue weighted by molar-refractivity contribution is 6.30. The second-order valence-corrected chi connectivity index (χ2v) is 11.1. The highest BCUT2D eigenvalue weighted by Crippen LogP contribution is 2.31. The third-order valence-electron chi connectivity index (χ3n) is 6.58. The SMILES string of the molecule is CC[C@H](C)NC(=O)[C@@H](Cc1ccccc1)N(Cc1ccc(Cl)cc1)C(=O)COc1ccccc1C(C)(C)C. The van der Waals surface area contributed by atoms with E-state index in [9.17, 15) is 9.59 Å². The van der Waals surface area contributed by atoms with Gasteiger partial charge in [-0.15, -0.1) is 0 Å². The second kappa shape index (κ2) is 13.5. The molecular formula is C32H39ClN2O3. The van der Waals surface area contributed by atoms with Crippen molar-refractivity contribution >= 4 is 23.4 Å². The lowest BCUT2D eigenvalue weighted by Gasteiger charge is -2.32. The fourth-order valence-electron chi connectivity index (χ4n) is 4.22. The van der Waals surface area contributed by atoms with Gasteiger partial charge in [0, 0.05) is 24.0 Å². The van der Waals surface area contributed by atoms with E-state index in [2.05, 4.69) is 26.1 Å². The van der Waals surface area contributed by atoms with Gasteiger partial charge in [-0.1, -0.05) is 100.0 Å². The second-order valence-electron chi connectivity index (χ2n) is 10.7. The van der Waals surface area contributed by atoms with Crippen LogP contribution in [0.2, 0.25) is 5.02 Å². The zero-order valence-electron chi connectivity index (χ0n) is 23.0. The van der Waals surface area contributed by atoms with E-state index in [1.807, 2.05) is 80.6 Å². The molecule has 6 heteroatoms. The van der Waals surface area contributed by atoms with Gasteiger partial charge < -0.3 is 15.0 Å². The molecule has 3 aromatic rings. The Labute approximate surface area is 232 Å². The van der Waals surface area contributed by atoms with E-state index in [1.165, 1.54) is 0 Å². The first-order valence-electron chi connectivity index (χ1n) is 13.2. The van der Waals surface area contributed by atoms with E-state index < -0.39 is 6.04 Å². The molecule has 0 heterocycles. The Morgan fingerprint density at radius 3 is 2.18 bits per heavy atom. The minimum Gasteiger partial charge on any atom is -0.483 e. The Bertz CT molecular complexity index is 1190. The van der Waals surface area contributed by atoms with Crippen LogP contribution in [0, 0.1) is 0 Å². The normalized spacial score (nSPS) is 12.9. The van der Waals surface area contributed by atoms with Crippen LogP contribution in [0.5, 0.6) is 5.75 Å². The van der Waals surface area contributed by atoms with Gasteiger partial charge in [0.25, 0.3) is 5.91 Å². The molecule has 202 valence electrons. The summed E-state index contributed by atoms with van der Waals surface area (Å²) in [5.41, 5.74) is 2.73. The molecule has 0 spiro atoms. The van der Waals surface area contributed by atoms with Crippen LogP contribution in [0.25, 0.3) is 0 Å². The van der Waals surface area contributed by atoms with E-state index >= 15 is 0 Å². The number of halogens is 1. The monoisotopic (exact) mass is 534 g/mol. The molecule has 3 aromatic carbocycles. The summed E-state index contributed by atoms with van der Waals surface area (Å²) in [5, 5.41) is 3.70. The summed E-state index contributed by atoms with van der Waals surface area (Å²) >= 11 is 6.11. The number of ether oxygens (including phenoxy) is 1. The highest BCUT2D eigenvalue weighted by Gasteiger charge is 2.31. The van der Waals surface area contributed by atoms with E-state index in [4.69, 9.17) is 16.3 Å². The minimum absolute atomic E-state index is 0.0110. The standard InChI is InChI=1S/C32H39ClN2O3/c1-6-23(2)34-31(37)28(20-24-12-8-7-9-13-24)35(21-25-16-18-26(33)19-17-25)30(36)22-38-29-15-11-10-14-27(29)32(3,4)5/h7-19,23,28H,6,20-22H2,1-5H3,(H,34,37)/t23-,28+/m0/s1. The van der Waals surface area contributed by atoms with Gasteiger partial charge in [0.15, 0.2) is 6.61 Å². The molecule has 0 fully saturated rings. The predicted molar refractivity (Wildman–Crippen MR) is 154 cm³/mol. The van der Waals surface area contributed by atoms with Crippen molar-refractivity contribution in [1.29, 1.82) is 0 Å². The third-order valence-corrected chi connectivity index (χ3v) is 6.84.